The fourth-order valence-electron chi connectivity index (χ4n) is 1.96. The molecule has 0 bridgehead atoms. The average Bonchev–Trinajstić information content (AvgIpc) is 2.40. The first-order valence-corrected chi connectivity index (χ1v) is 6.89. The second kappa shape index (κ2) is 5.68. The number of ether oxygens (including phenoxy) is 1. The van der Waals surface area contributed by atoms with Crippen molar-refractivity contribution in [3.05, 3.63) is 59.7 Å². The molecule has 2 rings (SSSR count). The van der Waals surface area contributed by atoms with E-state index >= 15 is 0 Å². The molecule has 2 nitrogen and oxygen atoms in total. The SMILES string of the molecule is Cc1ccc(Oc2ccc(C(O)C(C)(C)C)cc2)cc1. The lowest BCUT2D eigenvalue weighted by molar-refractivity contribution is 0.0626. The van der Waals surface area contributed by atoms with Gasteiger partial charge in [0.15, 0.2) is 0 Å². The highest BCUT2D eigenvalue weighted by molar-refractivity contribution is 5.35. The van der Waals surface area contributed by atoms with Crippen LogP contribution in [0.2, 0.25) is 0 Å². The van der Waals surface area contributed by atoms with E-state index < -0.39 is 6.10 Å². The highest BCUT2D eigenvalue weighted by atomic mass is 16.5. The summed E-state index contributed by atoms with van der Waals surface area (Å²) in [5.41, 5.74) is 1.95. The topological polar surface area (TPSA) is 29.5 Å². The Morgan fingerprint density at radius 1 is 0.850 bits per heavy atom. The number of rotatable bonds is 3. The van der Waals surface area contributed by atoms with Gasteiger partial charge in [-0.1, -0.05) is 50.6 Å². The van der Waals surface area contributed by atoms with E-state index in [0.29, 0.717) is 0 Å². The van der Waals surface area contributed by atoms with Crippen LogP contribution in [0.4, 0.5) is 0 Å². The zero-order valence-corrected chi connectivity index (χ0v) is 12.6. The summed E-state index contributed by atoms with van der Waals surface area (Å²) in [7, 11) is 0. The van der Waals surface area contributed by atoms with Gasteiger partial charge in [0.25, 0.3) is 0 Å². The Morgan fingerprint density at radius 3 is 1.75 bits per heavy atom. The smallest absolute Gasteiger partial charge is 0.127 e. The van der Waals surface area contributed by atoms with Crippen molar-refractivity contribution in [2.75, 3.05) is 0 Å². The number of hydrogen-bond acceptors (Lipinski definition) is 2. The van der Waals surface area contributed by atoms with Crippen LogP contribution in [0.15, 0.2) is 48.5 Å². The summed E-state index contributed by atoms with van der Waals surface area (Å²) >= 11 is 0. The lowest BCUT2D eigenvalue weighted by Gasteiger charge is -2.26. The molecule has 1 atom stereocenters. The molecular weight excluding hydrogens is 248 g/mol. The van der Waals surface area contributed by atoms with E-state index in [4.69, 9.17) is 4.74 Å². The quantitative estimate of drug-likeness (QED) is 0.862. The number of aryl methyl sites for hydroxylation is 1. The van der Waals surface area contributed by atoms with Gasteiger partial charge in [-0.2, -0.15) is 0 Å². The van der Waals surface area contributed by atoms with E-state index in [0.717, 1.165) is 17.1 Å². The molecule has 2 heteroatoms. The van der Waals surface area contributed by atoms with Crippen LogP contribution in [-0.2, 0) is 0 Å². The van der Waals surface area contributed by atoms with Crippen molar-refractivity contribution < 1.29 is 9.84 Å². The van der Waals surface area contributed by atoms with Crippen molar-refractivity contribution in [3.8, 4) is 11.5 Å². The van der Waals surface area contributed by atoms with Crippen LogP contribution in [0, 0.1) is 12.3 Å². The normalized spacial score (nSPS) is 13.1. The summed E-state index contributed by atoms with van der Waals surface area (Å²) < 4.78 is 5.77. The molecule has 0 saturated heterocycles. The molecular formula is C18H22O2. The molecule has 0 aliphatic rings. The van der Waals surface area contributed by atoms with E-state index in [2.05, 4.69) is 0 Å². The van der Waals surface area contributed by atoms with Crippen molar-refractivity contribution in [3.63, 3.8) is 0 Å². The fourth-order valence-corrected chi connectivity index (χ4v) is 1.96. The maximum absolute atomic E-state index is 10.2. The molecule has 1 unspecified atom stereocenters. The standard InChI is InChI=1S/C18H22O2/c1-13-5-9-15(10-6-13)20-16-11-7-14(8-12-16)17(19)18(2,3)4/h5-12,17,19H,1-4H3. The third-order valence-corrected chi connectivity index (χ3v) is 3.27. The summed E-state index contributed by atoms with van der Waals surface area (Å²) in [4.78, 5) is 0. The van der Waals surface area contributed by atoms with E-state index in [-0.39, 0.29) is 5.41 Å². The minimum Gasteiger partial charge on any atom is -0.457 e. The predicted octanol–water partition coefficient (Wildman–Crippen LogP) is 4.87. The largest absolute Gasteiger partial charge is 0.457 e. The Bertz CT molecular complexity index is 547. The monoisotopic (exact) mass is 270 g/mol. The highest BCUT2D eigenvalue weighted by Crippen LogP contribution is 2.33. The van der Waals surface area contributed by atoms with E-state index in [1.807, 2.05) is 76.2 Å². The van der Waals surface area contributed by atoms with E-state index in [1.54, 1.807) is 0 Å². The second-order valence-electron chi connectivity index (χ2n) is 6.25. The third kappa shape index (κ3) is 3.61. The summed E-state index contributed by atoms with van der Waals surface area (Å²) in [6, 6.07) is 15.6. The molecule has 0 heterocycles. The van der Waals surface area contributed by atoms with Gasteiger partial charge >= 0.3 is 0 Å². The summed E-state index contributed by atoms with van der Waals surface area (Å²) in [5.74, 6) is 1.60. The van der Waals surface area contributed by atoms with Gasteiger partial charge in [-0.15, -0.1) is 0 Å². The van der Waals surface area contributed by atoms with Gasteiger partial charge < -0.3 is 9.84 Å². The second-order valence-corrected chi connectivity index (χ2v) is 6.25. The molecule has 0 fully saturated rings. The van der Waals surface area contributed by atoms with Crippen molar-refractivity contribution in [2.45, 2.75) is 33.8 Å². The molecule has 0 aliphatic carbocycles. The fraction of sp³-hybridized carbons (Fsp3) is 0.333. The Morgan fingerprint density at radius 2 is 1.30 bits per heavy atom. The van der Waals surface area contributed by atoms with Crippen molar-refractivity contribution in [1.82, 2.24) is 0 Å². The molecule has 0 saturated carbocycles. The van der Waals surface area contributed by atoms with Crippen LogP contribution in [0.25, 0.3) is 0 Å². The first-order valence-electron chi connectivity index (χ1n) is 6.89. The van der Waals surface area contributed by atoms with Crippen LogP contribution in [-0.4, -0.2) is 5.11 Å². The zero-order valence-electron chi connectivity index (χ0n) is 12.6. The Hall–Kier alpha value is -1.80. The lowest BCUT2D eigenvalue weighted by atomic mass is 9.85. The van der Waals surface area contributed by atoms with Gasteiger partial charge in [-0.3, -0.25) is 0 Å². The van der Waals surface area contributed by atoms with Crippen LogP contribution in [0.5, 0.6) is 11.5 Å². The molecule has 2 aromatic rings. The van der Waals surface area contributed by atoms with Gasteiger partial charge in [-0.25, -0.2) is 0 Å². The van der Waals surface area contributed by atoms with Crippen LogP contribution < -0.4 is 4.74 Å². The first-order chi connectivity index (χ1) is 9.36. The average molecular weight is 270 g/mol. The number of aliphatic hydroxyl groups excluding tert-OH is 1. The van der Waals surface area contributed by atoms with Crippen molar-refractivity contribution in [1.29, 1.82) is 0 Å². The van der Waals surface area contributed by atoms with Gasteiger partial charge in [0, 0.05) is 0 Å². The van der Waals surface area contributed by atoms with Gasteiger partial charge in [0.1, 0.15) is 11.5 Å². The molecule has 0 aromatic heterocycles. The summed E-state index contributed by atoms with van der Waals surface area (Å²) in [6.45, 7) is 8.11. The van der Waals surface area contributed by atoms with Crippen molar-refractivity contribution in [2.24, 2.45) is 5.41 Å². The highest BCUT2D eigenvalue weighted by Gasteiger charge is 2.23. The molecule has 0 amide bonds. The molecule has 106 valence electrons. The molecule has 1 N–H and O–H groups in total. The number of hydrogen-bond donors (Lipinski definition) is 1. The van der Waals surface area contributed by atoms with Crippen molar-refractivity contribution >= 4 is 0 Å². The minimum absolute atomic E-state index is 0.167. The summed E-state index contributed by atoms with van der Waals surface area (Å²) in [6.07, 6.45) is -0.476. The maximum atomic E-state index is 10.2. The number of aliphatic hydroxyl groups is 1. The van der Waals surface area contributed by atoms with Gasteiger partial charge in [0.2, 0.25) is 0 Å². The molecule has 0 spiro atoms. The minimum atomic E-state index is -0.476. The lowest BCUT2D eigenvalue weighted by Crippen LogP contribution is -2.17. The Kier molecular flexibility index (Phi) is 4.15. The van der Waals surface area contributed by atoms with Crippen LogP contribution in [0.3, 0.4) is 0 Å². The molecule has 0 radical (unpaired) electrons. The maximum Gasteiger partial charge on any atom is 0.127 e. The van der Waals surface area contributed by atoms with E-state index in [9.17, 15) is 5.11 Å². The zero-order chi connectivity index (χ0) is 14.8. The predicted molar refractivity (Wildman–Crippen MR) is 82.1 cm³/mol. The summed E-state index contributed by atoms with van der Waals surface area (Å²) in [5, 5.41) is 10.2. The number of benzene rings is 2. The Labute approximate surface area is 121 Å². The van der Waals surface area contributed by atoms with E-state index in [1.165, 1.54) is 5.56 Å². The van der Waals surface area contributed by atoms with Gasteiger partial charge in [0.05, 0.1) is 6.10 Å². The Balaban J connectivity index is 2.10. The van der Waals surface area contributed by atoms with Gasteiger partial charge in [-0.05, 0) is 42.2 Å². The molecule has 0 aliphatic heterocycles. The first kappa shape index (κ1) is 14.6. The molecule has 2 aromatic carbocycles. The third-order valence-electron chi connectivity index (χ3n) is 3.27. The van der Waals surface area contributed by atoms with Crippen LogP contribution >= 0.6 is 0 Å². The van der Waals surface area contributed by atoms with Crippen LogP contribution in [0.1, 0.15) is 38.0 Å². The molecule has 20 heavy (non-hydrogen) atoms.